The van der Waals surface area contributed by atoms with E-state index in [1.807, 2.05) is 0 Å². The van der Waals surface area contributed by atoms with E-state index >= 15 is 0 Å². The highest BCUT2D eigenvalue weighted by molar-refractivity contribution is 4.89. The van der Waals surface area contributed by atoms with Crippen LogP contribution < -0.4 is 5.32 Å². The number of hydrogen-bond donors (Lipinski definition) is 2. The van der Waals surface area contributed by atoms with Crippen molar-refractivity contribution in [1.29, 1.82) is 0 Å². The molecule has 0 amide bonds. The number of fused-ring (bicyclic) bond motifs is 1. The second-order valence-electron chi connectivity index (χ2n) is 5.83. The summed E-state index contributed by atoms with van der Waals surface area (Å²) in [6.07, 6.45) is 6.43. The number of rotatable bonds is 7. The molecule has 3 nitrogen and oxygen atoms in total. The van der Waals surface area contributed by atoms with E-state index in [0.717, 1.165) is 31.3 Å². The van der Waals surface area contributed by atoms with E-state index in [2.05, 4.69) is 17.1 Å². The van der Waals surface area contributed by atoms with Crippen LogP contribution in [0.15, 0.2) is 0 Å². The highest BCUT2D eigenvalue weighted by Gasteiger charge is 2.36. The van der Waals surface area contributed by atoms with Gasteiger partial charge in [-0.3, -0.25) is 0 Å². The summed E-state index contributed by atoms with van der Waals surface area (Å²) in [6, 6.07) is 0.485. The van der Waals surface area contributed by atoms with E-state index in [9.17, 15) is 0 Å². The van der Waals surface area contributed by atoms with E-state index in [0.29, 0.717) is 12.6 Å². The predicted octanol–water partition coefficient (Wildman–Crippen LogP) is 1.47. The predicted molar refractivity (Wildman–Crippen MR) is 71.1 cm³/mol. The largest absolute Gasteiger partial charge is 0.396 e. The van der Waals surface area contributed by atoms with Crippen molar-refractivity contribution in [2.45, 2.75) is 45.1 Å². The van der Waals surface area contributed by atoms with Gasteiger partial charge in [0.1, 0.15) is 0 Å². The molecule has 0 spiro atoms. The minimum absolute atomic E-state index is 0.308. The Hall–Kier alpha value is -0.120. The van der Waals surface area contributed by atoms with Crippen LogP contribution in [-0.2, 0) is 0 Å². The molecule has 2 aliphatic rings. The molecule has 0 aromatic heterocycles. The molecule has 2 rings (SSSR count). The van der Waals surface area contributed by atoms with Gasteiger partial charge in [0.25, 0.3) is 0 Å². The zero-order valence-electron chi connectivity index (χ0n) is 11.2. The standard InChI is InChI=1S/C14H28N2O/c1-2-7-15-14(6-8-17)11-16-9-12-4-3-5-13(12)10-16/h12-15,17H,2-11H2,1H3. The summed E-state index contributed by atoms with van der Waals surface area (Å²) in [4.78, 5) is 2.62. The summed E-state index contributed by atoms with van der Waals surface area (Å²) in [5.41, 5.74) is 0. The molecule has 1 saturated heterocycles. The van der Waals surface area contributed by atoms with Crippen LogP contribution in [0.2, 0.25) is 0 Å². The molecule has 1 aliphatic carbocycles. The van der Waals surface area contributed by atoms with Crippen molar-refractivity contribution in [3.63, 3.8) is 0 Å². The third-order valence-electron chi connectivity index (χ3n) is 4.44. The first kappa shape index (κ1) is 13.3. The van der Waals surface area contributed by atoms with Gasteiger partial charge in [-0.15, -0.1) is 0 Å². The molecule has 1 saturated carbocycles. The minimum Gasteiger partial charge on any atom is -0.396 e. The third-order valence-corrected chi connectivity index (χ3v) is 4.44. The summed E-state index contributed by atoms with van der Waals surface area (Å²) in [5, 5.41) is 12.7. The van der Waals surface area contributed by atoms with Crippen LogP contribution in [0.4, 0.5) is 0 Å². The molecule has 17 heavy (non-hydrogen) atoms. The van der Waals surface area contributed by atoms with E-state index < -0.39 is 0 Å². The number of nitrogens with zero attached hydrogens (tertiary/aromatic N) is 1. The maximum Gasteiger partial charge on any atom is 0.0446 e. The molecule has 0 bridgehead atoms. The molecule has 2 N–H and O–H groups in total. The Bertz CT molecular complexity index is 210. The zero-order valence-corrected chi connectivity index (χ0v) is 11.2. The van der Waals surface area contributed by atoms with Gasteiger partial charge in [0.05, 0.1) is 0 Å². The Balaban J connectivity index is 1.74. The smallest absolute Gasteiger partial charge is 0.0446 e. The van der Waals surface area contributed by atoms with Gasteiger partial charge in [0, 0.05) is 32.3 Å². The molecule has 3 atom stereocenters. The molecule has 0 radical (unpaired) electrons. The van der Waals surface area contributed by atoms with Crippen molar-refractivity contribution in [1.82, 2.24) is 10.2 Å². The highest BCUT2D eigenvalue weighted by Crippen LogP contribution is 2.37. The normalized spacial score (nSPS) is 30.7. The van der Waals surface area contributed by atoms with Crippen molar-refractivity contribution < 1.29 is 5.11 Å². The van der Waals surface area contributed by atoms with Crippen LogP contribution in [0, 0.1) is 11.8 Å². The first-order valence-corrected chi connectivity index (χ1v) is 7.40. The Kier molecular flexibility index (Phi) is 5.26. The van der Waals surface area contributed by atoms with Crippen molar-refractivity contribution in [3.8, 4) is 0 Å². The molecule has 0 aromatic rings. The molecule has 0 aromatic carbocycles. The summed E-state index contributed by atoms with van der Waals surface area (Å²) in [7, 11) is 0. The average molecular weight is 240 g/mol. The topological polar surface area (TPSA) is 35.5 Å². The second-order valence-corrected chi connectivity index (χ2v) is 5.83. The van der Waals surface area contributed by atoms with Crippen molar-refractivity contribution >= 4 is 0 Å². The van der Waals surface area contributed by atoms with Crippen LogP contribution in [0.25, 0.3) is 0 Å². The van der Waals surface area contributed by atoms with Crippen LogP contribution >= 0.6 is 0 Å². The summed E-state index contributed by atoms with van der Waals surface area (Å²) >= 11 is 0. The number of aliphatic hydroxyl groups excluding tert-OH is 1. The number of hydrogen-bond acceptors (Lipinski definition) is 3. The lowest BCUT2D eigenvalue weighted by Crippen LogP contribution is -2.41. The number of likely N-dealkylation sites (tertiary alicyclic amines) is 1. The van der Waals surface area contributed by atoms with Crippen molar-refractivity contribution in [2.24, 2.45) is 11.8 Å². The first-order chi connectivity index (χ1) is 8.33. The summed E-state index contributed by atoms with van der Waals surface area (Å²) in [6.45, 7) is 7.32. The Morgan fingerprint density at radius 1 is 1.29 bits per heavy atom. The van der Waals surface area contributed by atoms with Gasteiger partial charge >= 0.3 is 0 Å². The van der Waals surface area contributed by atoms with E-state index in [-0.39, 0.29) is 0 Å². The maximum atomic E-state index is 9.11. The van der Waals surface area contributed by atoms with Crippen molar-refractivity contribution in [3.05, 3.63) is 0 Å². The Labute approximate surface area is 106 Å². The summed E-state index contributed by atoms with van der Waals surface area (Å²) < 4.78 is 0. The van der Waals surface area contributed by atoms with Crippen LogP contribution in [-0.4, -0.2) is 48.8 Å². The molecule has 3 unspecified atom stereocenters. The quantitative estimate of drug-likeness (QED) is 0.707. The molecule has 3 heteroatoms. The minimum atomic E-state index is 0.308. The fourth-order valence-electron chi connectivity index (χ4n) is 3.56. The number of nitrogens with one attached hydrogen (secondary N) is 1. The highest BCUT2D eigenvalue weighted by atomic mass is 16.3. The van der Waals surface area contributed by atoms with Gasteiger partial charge in [0.15, 0.2) is 0 Å². The van der Waals surface area contributed by atoms with Crippen molar-refractivity contribution in [2.75, 3.05) is 32.8 Å². The molecule has 100 valence electrons. The summed E-state index contributed by atoms with van der Waals surface area (Å²) in [5.74, 6) is 1.96. The molecule has 1 aliphatic heterocycles. The Morgan fingerprint density at radius 2 is 2.00 bits per heavy atom. The monoisotopic (exact) mass is 240 g/mol. The maximum absolute atomic E-state index is 9.11. The number of aliphatic hydroxyl groups is 1. The lowest BCUT2D eigenvalue weighted by Gasteiger charge is -2.24. The van der Waals surface area contributed by atoms with Crippen LogP contribution in [0.5, 0.6) is 0 Å². The second kappa shape index (κ2) is 6.72. The molecular weight excluding hydrogens is 212 g/mol. The van der Waals surface area contributed by atoms with E-state index in [4.69, 9.17) is 5.11 Å². The molecule has 1 heterocycles. The average Bonchev–Trinajstić information content (AvgIpc) is 2.86. The van der Waals surface area contributed by atoms with Crippen LogP contribution in [0.1, 0.15) is 39.0 Å². The lowest BCUT2D eigenvalue weighted by molar-refractivity contribution is 0.222. The van der Waals surface area contributed by atoms with Gasteiger partial charge in [0.2, 0.25) is 0 Å². The molecule has 2 fully saturated rings. The van der Waals surface area contributed by atoms with Crippen LogP contribution in [0.3, 0.4) is 0 Å². The SMILES string of the molecule is CCCNC(CCO)CN1CC2CCCC2C1. The van der Waals surface area contributed by atoms with Gasteiger partial charge in [-0.1, -0.05) is 13.3 Å². The first-order valence-electron chi connectivity index (χ1n) is 7.40. The van der Waals surface area contributed by atoms with E-state index in [1.54, 1.807) is 0 Å². The van der Waals surface area contributed by atoms with Gasteiger partial charge in [-0.25, -0.2) is 0 Å². The fourth-order valence-corrected chi connectivity index (χ4v) is 3.56. The van der Waals surface area contributed by atoms with Gasteiger partial charge < -0.3 is 15.3 Å². The Morgan fingerprint density at radius 3 is 2.59 bits per heavy atom. The molecular formula is C14H28N2O. The third kappa shape index (κ3) is 3.67. The van der Waals surface area contributed by atoms with Gasteiger partial charge in [-0.05, 0) is 44.1 Å². The lowest BCUT2D eigenvalue weighted by atomic mass is 10.0. The fraction of sp³-hybridized carbons (Fsp3) is 1.00. The van der Waals surface area contributed by atoms with E-state index in [1.165, 1.54) is 38.8 Å². The van der Waals surface area contributed by atoms with Gasteiger partial charge in [-0.2, -0.15) is 0 Å². The zero-order chi connectivity index (χ0) is 12.1.